The number of rotatable bonds is 5. The maximum Gasteiger partial charge on any atom is 0.269 e. The highest BCUT2D eigenvalue weighted by Gasteiger charge is 2.08. The van der Waals surface area contributed by atoms with Crippen molar-refractivity contribution in [2.24, 2.45) is 0 Å². The Kier molecular flexibility index (Phi) is 7.01. The van der Waals surface area contributed by atoms with E-state index >= 15 is 0 Å². The minimum absolute atomic E-state index is 0.0824. The molecule has 20 heavy (non-hydrogen) atoms. The molecule has 0 unspecified atom stereocenters. The number of quaternary nitrogens is 1. The average Bonchev–Trinajstić information content (AvgIpc) is 2.27. The van der Waals surface area contributed by atoms with Gasteiger partial charge in [0.2, 0.25) is 6.16 Å². The monoisotopic (exact) mass is 286 g/mol. The first-order valence-electron chi connectivity index (χ1n) is 5.69. The number of carbonyl (C=O) groups is 1. The van der Waals surface area contributed by atoms with Crippen molar-refractivity contribution >= 4 is 11.8 Å². The SMILES string of the molecule is C[N+](C)(C)CCOc1ccc([N+](=O)[O-])cc1.O=C([O-])O. The molecule has 0 saturated carbocycles. The number of benzene rings is 1. The van der Waals surface area contributed by atoms with Gasteiger partial charge in [0.15, 0.2) is 0 Å². The van der Waals surface area contributed by atoms with Gasteiger partial charge in [0, 0.05) is 12.1 Å². The lowest BCUT2D eigenvalue weighted by Crippen LogP contribution is -2.38. The van der Waals surface area contributed by atoms with E-state index in [-0.39, 0.29) is 5.69 Å². The number of nitro benzene ring substituents is 1. The Bertz CT molecular complexity index is 434. The molecule has 0 aliphatic rings. The number of hydrogen-bond acceptors (Lipinski definition) is 5. The van der Waals surface area contributed by atoms with E-state index in [4.69, 9.17) is 19.7 Å². The number of nitrogens with zero attached hydrogens (tertiary/aromatic N) is 2. The zero-order chi connectivity index (χ0) is 15.8. The summed E-state index contributed by atoms with van der Waals surface area (Å²) in [5.41, 5.74) is 0.0824. The normalized spacial score (nSPS) is 10.2. The highest BCUT2D eigenvalue weighted by molar-refractivity contribution is 5.50. The largest absolute Gasteiger partial charge is 0.565 e. The highest BCUT2D eigenvalue weighted by Crippen LogP contribution is 2.17. The topological polar surface area (TPSA) is 113 Å². The molecule has 1 aromatic carbocycles. The van der Waals surface area contributed by atoms with E-state index in [0.717, 1.165) is 11.0 Å². The lowest BCUT2D eigenvalue weighted by Gasteiger charge is -2.23. The quantitative estimate of drug-likeness (QED) is 0.481. The Balaban J connectivity index is 0.000000796. The number of hydrogen-bond donors (Lipinski definition) is 1. The van der Waals surface area contributed by atoms with E-state index in [0.29, 0.717) is 12.4 Å². The molecular formula is C12H18N2O6. The minimum Gasteiger partial charge on any atom is -0.565 e. The summed E-state index contributed by atoms with van der Waals surface area (Å²) in [4.78, 5) is 18.4. The van der Waals surface area contributed by atoms with Crippen LogP contribution >= 0.6 is 0 Å². The number of likely N-dealkylation sites (N-methyl/N-ethyl adjacent to an activating group) is 1. The first-order chi connectivity index (χ1) is 9.11. The molecule has 0 atom stereocenters. The van der Waals surface area contributed by atoms with Crippen molar-refractivity contribution in [2.45, 2.75) is 0 Å². The molecule has 0 bridgehead atoms. The molecule has 0 aliphatic carbocycles. The van der Waals surface area contributed by atoms with Gasteiger partial charge < -0.3 is 24.2 Å². The molecule has 1 rings (SSSR count). The van der Waals surface area contributed by atoms with Crippen LogP contribution in [0.1, 0.15) is 0 Å². The van der Waals surface area contributed by atoms with Crippen LogP contribution in [0.3, 0.4) is 0 Å². The Hall–Kier alpha value is -2.35. The van der Waals surface area contributed by atoms with Gasteiger partial charge in [0.05, 0.1) is 26.1 Å². The van der Waals surface area contributed by atoms with Gasteiger partial charge in [-0.05, 0) is 12.1 Å². The molecule has 112 valence electrons. The fourth-order valence-electron chi connectivity index (χ4n) is 1.10. The van der Waals surface area contributed by atoms with Crippen molar-refractivity contribution in [3.63, 3.8) is 0 Å². The molecule has 0 radical (unpaired) electrons. The summed E-state index contributed by atoms with van der Waals surface area (Å²) in [5.74, 6) is 0.666. The van der Waals surface area contributed by atoms with Crippen molar-refractivity contribution < 1.29 is 29.2 Å². The Morgan fingerprint density at radius 3 is 2.10 bits per heavy atom. The van der Waals surface area contributed by atoms with Gasteiger partial charge in [0.1, 0.15) is 18.9 Å². The minimum atomic E-state index is -2.08. The van der Waals surface area contributed by atoms with Gasteiger partial charge in [0.25, 0.3) is 5.69 Å². The van der Waals surface area contributed by atoms with E-state index in [9.17, 15) is 10.1 Å². The molecule has 0 amide bonds. The van der Waals surface area contributed by atoms with Gasteiger partial charge in [-0.1, -0.05) is 0 Å². The Morgan fingerprint density at radius 2 is 1.75 bits per heavy atom. The lowest BCUT2D eigenvalue weighted by molar-refractivity contribution is -0.870. The van der Waals surface area contributed by atoms with Crippen LogP contribution in [0.25, 0.3) is 0 Å². The van der Waals surface area contributed by atoms with Crippen LogP contribution in [0.5, 0.6) is 5.75 Å². The molecule has 0 fully saturated rings. The van der Waals surface area contributed by atoms with Crippen LogP contribution in [0, 0.1) is 10.1 Å². The molecule has 0 aromatic heterocycles. The molecular weight excluding hydrogens is 268 g/mol. The summed E-state index contributed by atoms with van der Waals surface area (Å²) in [6.07, 6.45) is -2.08. The summed E-state index contributed by atoms with van der Waals surface area (Å²) >= 11 is 0. The van der Waals surface area contributed by atoms with Gasteiger partial charge in [-0.15, -0.1) is 0 Å². The van der Waals surface area contributed by atoms with Gasteiger partial charge in [-0.2, -0.15) is 0 Å². The van der Waals surface area contributed by atoms with E-state index < -0.39 is 11.1 Å². The first-order valence-corrected chi connectivity index (χ1v) is 5.69. The van der Waals surface area contributed by atoms with Gasteiger partial charge in [-0.3, -0.25) is 10.1 Å². The van der Waals surface area contributed by atoms with E-state index in [2.05, 4.69) is 21.1 Å². The predicted molar refractivity (Wildman–Crippen MR) is 69.5 cm³/mol. The zero-order valence-electron chi connectivity index (χ0n) is 11.6. The van der Waals surface area contributed by atoms with E-state index in [1.807, 2.05) is 0 Å². The van der Waals surface area contributed by atoms with Crippen LogP contribution in [-0.2, 0) is 0 Å². The van der Waals surface area contributed by atoms with E-state index in [1.54, 1.807) is 12.1 Å². The Morgan fingerprint density at radius 1 is 1.30 bits per heavy atom. The smallest absolute Gasteiger partial charge is 0.269 e. The van der Waals surface area contributed by atoms with Crippen LogP contribution < -0.4 is 9.84 Å². The molecule has 0 aliphatic heterocycles. The van der Waals surface area contributed by atoms with Crippen LogP contribution in [0.15, 0.2) is 24.3 Å². The fourth-order valence-corrected chi connectivity index (χ4v) is 1.10. The second-order valence-electron chi connectivity index (χ2n) is 4.88. The average molecular weight is 286 g/mol. The molecule has 0 spiro atoms. The molecule has 0 saturated heterocycles. The molecule has 8 heteroatoms. The summed E-state index contributed by atoms with van der Waals surface area (Å²) in [7, 11) is 6.25. The first kappa shape index (κ1) is 17.6. The number of non-ortho nitro benzene ring substituents is 1. The van der Waals surface area contributed by atoms with Gasteiger partial charge >= 0.3 is 0 Å². The predicted octanol–water partition coefficient (Wildman–Crippen LogP) is 0.568. The van der Waals surface area contributed by atoms with Crippen LogP contribution in [0.4, 0.5) is 10.5 Å². The second-order valence-corrected chi connectivity index (χ2v) is 4.88. The van der Waals surface area contributed by atoms with Crippen molar-refractivity contribution in [1.82, 2.24) is 0 Å². The third-order valence-electron chi connectivity index (χ3n) is 2.08. The third-order valence-corrected chi connectivity index (χ3v) is 2.08. The maximum atomic E-state index is 10.4. The Labute approximate surface area is 116 Å². The second kappa shape index (κ2) is 7.95. The van der Waals surface area contributed by atoms with Crippen molar-refractivity contribution in [3.05, 3.63) is 34.4 Å². The summed E-state index contributed by atoms with van der Waals surface area (Å²) in [6.45, 7) is 1.48. The summed E-state index contributed by atoms with van der Waals surface area (Å²) in [5, 5.41) is 25.7. The van der Waals surface area contributed by atoms with Crippen LogP contribution in [-0.4, -0.2) is 55.0 Å². The zero-order valence-corrected chi connectivity index (χ0v) is 11.6. The molecule has 8 nitrogen and oxygen atoms in total. The summed E-state index contributed by atoms with van der Waals surface area (Å²) < 4.78 is 6.30. The molecule has 0 heterocycles. The standard InChI is InChI=1S/C11H17N2O3.CH2O3/c1-13(2,3)8-9-16-11-6-4-10(5-7-11)12(14)15;2-1(3)4/h4-7H,8-9H2,1-3H3;(H2,2,3,4)/q+1;/p-1. The van der Waals surface area contributed by atoms with Gasteiger partial charge in [-0.25, -0.2) is 0 Å². The number of nitro groups is 1. The highest BCUT2D eigenvalue weighted by atomic mass is 16.6. The van der Waals surface area contributed by atoms with E-state index in [1.165, 1.54) is 12.1 Å². The van der Waals surface area contributed by atoms with Crippen LogP contribution in [0.2, 0.25) is 0 Å². The molecule has 1 aromatic rings. The fraction of sp³-hybridized carbons (Fsp3) is 0.417. The maximum absolute atomic E-state index is 10.4. The molecule has 1 N–H and O–H groups in total. The lowest BCUT2D eigenvalue weighted by atomic mass is 10.3. The summed E-state index contributed by atoms with van der Waals surface area (Å²) in [6, 6.07) is 6.13. The van der Waals surface area contributed by atoms with Crippen molar-refractivity contribution in [1.29, 1.82) is 0 Å². The number of carboxylic acid groups (broad SMARTS) is 2. The third kappa shape index (κ3) is 9.66. The number of ether oxygens (including phenoxy) is 1. The van der Waals surface area contributed by atoms with Crippen molar-refractivity contribution in [2.75, 3.05) is 34.3 Å². The van der Waals surface area contributed by atoms with Crippen molar-refractivity contribution in [3.8, 4) is 5.75 Å².